The quantitative estimate of drug-likeness (QED) is 0.217. The first kappa shape index (κ1) is 27.8. The second kappa shape index (κ2) is 15.6. The lowest BCUT2D eigenvalue weighted by Crippen LogP contribution is -2.54. The van der Waals surface area contributed by atoms with Crippen molar-refractivity contribution >= 4 is 23.9 Å². The molecule has 4 atom stereocenters. The van der Waals surface area contributed by atoms with Crippen LogP contribution >= 0.6 is 0 Å². The number of hydrogen-bond acceptors (Lipinski definition) is 10. The van der Waals surface area contributed by atoms with Gasteiger partial charge in [-0.3, -0.25) is 19.2 Å². The zero-order valence-corrected chi connectivity index (χ0v) is 19.5. The molecule has 10 nitrogen and oxygen atoms in total. The first-order valence-electron chi connectivity index (χ1n) is 11.0. The number of carbonyl (C=O) groups is 4. The fraction of sp³-hybridized carbons (Fsp3) is 0.818. The summed E-state index contributed by atoms with van der Waals surface area (Å²) in [5.41, 5.74) is 0. The van der Waals surface area contributed by atoms with E-state index in [0.717, 1.165) is 38.5 Å². The molecule has 1 rings (SSSR count). The molecule has 0 aliphatic carbocycles. The lowest BCUT2D eigenvalue weighted by molar-refractivity contribution is -0.266. The largest absolute Gasteiger partial charge is 0.469 e. The van der Waals surface area contributed by atoms with Crippen molar-refractivity contribution in [1.82, 2.24) is 0 Å². The highest BCUT2D eigenvalue weighted by molar-refractivity contribution is 5.69. The van der Waals surface area contributed by atoms with Crippen molar-refractivity contribution in [3.05, 3.63) is 0 Å². The van der Waals surface area contributed by atoms with E-state index in [1.807, 2.05) is 0 Å². The van der Waals surface area contributed by atoms with Gasteiger partial charge in [-0.25, -0.2) is 0 Å². The van der Waals surface area contributed by atoms with Gasteiger partial charge < -0.3 is 28.4 Å². The maximum Gasteiger partial charge on any atom is 0.305 e. The van der Waals surface area contributed by atoms with Gasteiger partial charge in [0.05, 0.1) is 7.11 Å². The molecule has 32 heavy (non-hydrogen) atoms. The zero-order chi connectivity index (χ0) is 23.9. The normalized spacial score (nSPS) is 22.6. The molecule has 184 valence electrons. The van der Waals surface area contributed by atoms with Crippen molar-refractivity contribution in [3.63, 3.8) is 0 Å². The van der Waals surface area contributed by atoms with Crippen LogP contribution in [-0.4, -0.2) is 68.8 Å². The summed E-state index contributed by atoms with van der Waals surface area (Å²) in [6.07, 6.45) is 3.09. The number of methoxy groups -OCH3 is 1. The second-order valence-corrected chi connectivity index (χ2v) is 7.68. The molecule has 0 saturated carbocycles. The average Bonchev–Trinajstić information content (AvgIpc) is 2.71. The van der Waals surface area contributed by atoms with Gasteiger partial charge in [-0.1, -0.05) is 25.7 Å². The Morgan fingerprint density at radius 2 is 1.47 bits per heavy atom. The molecule has 0 aromatic carbocycles. The Morgan fingerprint density at radius 3 is 2.06 bits per heavy atom. The SMILES string of the molecule is COC(=O)CCCCCCCCO[C@H]1C[C@@H](OC(C)=O)[C@H](OC(C)=O)[C@@H](COC(C)=O)O1. The van der Waals surface area contributed by atoms with Crippen LogP contribution in [0, 0.1) is 0 Å². The fourth-order valence-corrected chi connectivity index (χ4v) is 3.40. The van der Waals surface area contributed by atoms with Crippen LogP contribution in [0.1, 0.15) is 72.1 Å². The van der Waals surface area contributed by atoms with E-state index in [-0.39, 0.29) is 19.0 Å². The number of ether oxygens (including phenoxy) is 6. The van der Waals surface area contributed by atoms with Crippen molar-refractivity contribution in [1.29, 1.82) is 0 Å². The highest BCUT2D eigenvalue weighted by Gasteiger charge is 2.44. The Morgan fingerprint density at radius 1 is 0.844 bits per heavy atom. The van der Waals surface area contributed by atoms with E-state index in [9.17, 15) is 19.2 Å². The molecule has 1 aliphatic heterocycles. The third kappa shape index (κ3) is 12.0. The molecule has 0 spiro atoms. The van der Waals surface area contributed by atoms with Crippen molar-refractivity contribution < 1.29 is 47.6 Å². The summed E-state index contributed by atoms with van der Waals surface area (Å²) in [6, 6.07) is 0. The van der Waals surface area contributed by atoms with Gasteiger partial charge in [0, 0.05) is 40.2 Å². The molecular formula is C22H36O10. The fourth-order valence-electron chi connectivity index (χ4n) is 3.40. The summed E-state index contributed by atoms with van der Waals surface area (Å²) in [7, 11) is 1.39. The Bertz CT molecular complexity index is 606. The highest BCUT2D eigenvalue weighted by atomic mass is 16.7. The van der Waals surface area contributed by atoms with Crippen LogP contribution in [0.4, 0.5) is 0 Å². The van der Waals surface area contributed by atoms with E-state index in [1.54, 1.807) is 0 Å². The predicted octanol–water partition coefficient (Wildman–Crippen LogP) is 2.45. The molecule has 0 radical (unpaired) electrons. The Labute approximate surface area is 189 Å². The summed E-state index contributed by atoms with van der Waals surface area (Å²) in [6.45, 7) is 4.05. The molecular weight excluding hydrogens is 424 g/mol. The molecule has 0 amide bonds. The maximum absolute atomic E-state index is 11.5. The van der Waals surface area contributed by atoms with Gasteiger partial charge in [-0.05, 0) is 12.8 Å². The lowest BCUT2D eigenvalue weighted by Gasteiger charge is -2.39. The summed E-state index contributed by atoms with van der Waals surface area (Å²) < 4.78 is 31.9. The summed E-state index contributed by atoms with van der Waals surface area (Å²) in [4.78, 5) is 45.3. The van der Waals surface area contributed by atoms with Crippen molar-refractivity contribution in [3.8, 4) is 0 Å². The van der Waals surface area contributed by atoms with Gasteiger partial charge in [0.25, 0.3) is 0 Å². The van der Waals surface area contributed by atoms with Crippen molar-refractivity contribution in [2.24, 2.45) is 0 Å². The Balaban J connectivity index is 2.46. The molecule has 0 aromatic rings. The highest BCUT2D eigenvalue weighted by Crippen LogP contribution is 2.27. The van der Waals surface area contributed by atoms with Crippen LogP contribution in [0.25, 0.3) is 0 Å². The van der Waals surface area contributed by atoms with Crippen LogP contribution in [0.2, 0.25) is 0 Å². The Hall–Kier alpha value is -2.20. The Kier molecular flexibility index (Phi) is 13.5. The van der Waals surface area contributed by atoms with Crippen LogP contribution in [-0.2, 0) is 47.6 Å². The average molecular weight is 461 g/mol. The zero-order valence-electron chi connectivity index (χ0n) is 19.5. The van der Waals surface area contributed by atoms with Gasteiger partial charge in [-0.2, -0.15) is 0 Å². The first-order valence-corrected chi connectivity index (χ1v) is 11.0. The number of unbranched alkanes of at least 4 members (excludes halogenated alkanes) is 5. The lowest BCUT2D eigenvalue weighted by atomic mass is 10.0. The standard InChI is InChI=1S/C22H36O10/c1-15(23)29-14-19-22(31-17(3)25)18(30-16(2)24)13-21(32-19)28-12-10-8-6-5-7-9-11-20(26)27-4/h18-19,21-22H,5-14H2,1-4H3/t18-,19-,21-,22+/m1/s1. The van der Waals surface area contributed by atoms with Crippen LogP contribution in [0.5, 0.6) is 0 Å². The third-order valence-corrected chi connectivity index (χ3v) is 4.86. The minimum Gasteiger partial charge on any atom is -0.469 e. The van der Waals surface area contributed by atoms with Crippen molar-refractivity contribution in [2.75, 3.05) is 20.3 Å². The van der Waals surface area contributed by atoms with E-state index in [2.05, 4.69) is 4.74 Å². The number of rotatable bonds is 14. The van der Waals surface area contributed by atoms with E-state index >= 15 is 0 Å². The molecule has 1 heterocycles. The number of esters is 4. The summed E-state index contributed by atoms with van der Waals surface area (Å²) in [5.74, 6) is -1.77. The second-order valence-electron chi connectivity index (χ2n) is 7.68. The number of hydrogen-bond donors (Lipinski definition) is 0. The topological polar surface area (TPSA) is 124 Å². The monoisotopic (exact) mass is 460 g/mol. The van der Waals surface area contributed by atoms with Gasteiger partial charge in [0.1, 0.15) is 18.8 Å². The molecule has 10 heteroatoms. The first-order chi connectivity index (χ1) is 15.2. The van der Waals surface area contributed by atoms with Gasteiger partial charge >= 0.3 is 23.9 Å². The summed E-state index contributed by atoms with van der Waals surface area (Å²) >= 11 is 0. The minimum absolute atomic E-state index is 0.156. The predicted molar refractivity (Wildman–Crippen MR) is 111 cm³/mol. The molecule has 0 unspecified atom stereocenters. The molecule has 1 fully saturated rings. The smallest absolute Gasteiger partial charge is 0.305 e. The molecule has 0 aromatic heterocycles. The molecule has 0 bridgehead atoms. The number of carbonyl (C=O) groups excluding carboxylic acids is 4. The minimum atomic E-state index is -0.902. The van der Waals surface area contributed by atoms with Crippen LogP contribution < -0.4 is 0 Å². The molecule has 1 saturated heterocycles. The molecule has 0 N–H and O–H groups in total. The van der Waals surface area contributed by atoms with Crippen molar-refractivity contribution in [2.45, 2.75) is 96.7 Å². The van der Waals surface area contributed by atoms with Crippen LogP contribution in [0.15, 0.2) is 0 Å². The van der Waals surface area contributed by atoms with Crippen LogP contribution in [0.3, 0.4) is 0 Å². The van der Waals surface area contributed by atoms with E-state index in [1.165, 1.54) is 27.9 Å². The molecule has 1 aliphatic rings. The van der Waals surface area contributed by atoms with Gasteiger partial charge in [0.2, 0.25) is 0 Å². The maximum atomic E-state index is 11.5. The van der Waals surface area contributed by atoms with Gasteiger partial charge in [0.15, 0.2) is 12.4 Å². The summed E-state index contributed by atoms with van der Waals surface area (Å²) in [5, 5.41) is 0. The van der Waals surface area contributed by atoms with E-state index in [4.69, 9.17) is 23.7 Å². The third-order valence-electron chi connectivity index (χ3n) is 4.86. The van der Waals surface area contributed by atoms with Gasteiger partial charge in [-0.15, -0.1) is 0 Å². The van der Waals surface area contributed by atoms with E-state index < -0.39 is 42.5 Å². The van der Waals surface area contributed by atoms with E-state index in [0.29, 0.717) is 13.0 Å².